The van der Waals surface area contributed by atoms with Gasteiger partial charge in [0, 0.05) is 55.9 Å². The first kappa shape index (κ1) is 19.5. The molecule has 150 valence electrons. The highest BCUT2D eigenvalue weighted by molar-refractivity contribution is 7.09. The highest BCUT2D eigenvalue weighted by Gasteiger charge is 2.27. The Kier molecular flexibility index (Phi) is 6.46. The third-order valence-corrected chi connectivity index (χ3v) is 5.95. The number of amides is 1. The van der Waals surface area contributed by atoms with E-state index in [1.165, 1.54) is 17.1 Å². The number of anilines is 1. The molecule has 1 N–H and O–H groups in total. The lowest BCUT2D eigenvalue weighted by molar-refractivity contribution is -0.125. The molecular formula is C22H25N5OS. The molecule has 0 aliphatic carbocycles. The zero-order chi connectivity index (χ0) is 19.9. The molecule has 0 saturated carbocycles. The smallest absolute Gasteiger partial charge is 0.224 e. The lowest BCUT2D eigenvalue weighted by atomic mass is 9.97. The van der Waals surface area contributed by atoms with E-state index in [-0.39, 0.29) is 11.8 Å². The van der Waals surface area contributed by atoms with Crippen molar-refractivity contribution in [2.45, 2.75) is 25.7 Å². The molecule has 3 heterocycles. The number of hydrogen-bond acceptors (Lipinski definition) is 6. The van der Waals surface area contributed by atoms with Crippen molar-refractivity contribution in [3.63, 3.8) is 0 Å². The number of pyridine rings is 1. The van der Waals surface area contributed by atoms with Crippen LogP contribution in [-0.2, 0) is 17.6 Å². The molecule has 0 radical (unpaired) electrons. The van der Waals surface area contributed by atoms with Gasteiger partial charge in [-0.15, -0.1) is 0 Å². The maximum atomic E-state index is 12.6. The minimum absolute atomic E-state index is 0.00560. The van der Waals surface area contributed by atoms with Crippen LogP contribution in [0.4, 0.5) is 5.13 Å². The monoisotopic (exact) mass is 407 g/mol. The van der Waals surface area contributed by atoms with Crippen molar-refractivity contribution in [3.8, 4) is 0 Å². The van der Waals surface area contributed by atoms with E-state index in [0.29, 0.717) is 13.1 Å². The molecule has 6 nitrogen and oxygen atoms in total. The molecule has 1 aliphatic rings. The lowest BCUT2D eigenvalue weighted by Gasteiger charge is -2.31. The Morgan fingerprint density at radius 2 is 2.03 bits per heavy atom. The normalized spacial score (nSPS) is 16.6. The third-order valence-electron chi connectivity index (χ3n) is 5.13. The first-order valence-electron chi connectivity index (χ1n) is 10.1. The van der Waals surface area contributed by atoms with E-state index in [9.17, 15) is 4.79 Å². The number of rotatable bonds is 7. The van der Waals surface area contributed by atoms with Crippen molar-refractivity contribution >= 4 is 22.6 Å². The van der Waals surface area contributed by atoms with Gasteiger partial charge < -0.3 is 10.2 Å². The van der Waals surface area contributed by atoms with Crippen molar-refractivity contribution in [1.82, 2.24) is 19.7 Å². The van der Waals surface area contributed by atoms with Gasteiger partial charge in [0.2, 0.25) is 11.0 Å². The molecule has 1 fully saturated rings. The minimum atomic E-state index is -0.00560. The molecular weight excluding hydrogens is 382 g/mol. The van der Waals surface area contributed by atoms with Crippen molar-refractivity contribution in [3.05, 3.63) is 71.8 Å². The van der Waals surface area contributed by atoms with Crippen LogP contribution in [0.2, 0.25) is 0 Å². The molecule has 1 aliphatic heterocycles. The summed E-state index contributed by atoms with van der Waals surface area (Å²) in [5.41, 5.74) is 2.21. The number of benzene rings is 1. The average Bonchev–Trinajstić information content (AvgIpc) is 3.24. The molecule has 3 aromatic rings. The molecule has 0 unspecified atom stereocenters. The van der Waals surface area contributed by atoms with Gasteiger partial charge in [0.15, 0.2) is 0 Å². The highest BCUT2D eigenvalue weighted by atomic mass is 32.1. The Labute approximate surface area is 175 Å². The minimum Gasteiger partial charge on any atom is -0.355 e. The number of nitrogens with zero attached hydrogens (tertiary/aromatic N) is 4. The van der Waals surface area contributed by atoms with E-state index < -0.39 is 0 Å². The first-order valence-corrected chi connectivity index (χ1v) is 10.8. The number of piperidine rings is 1. The van der Waals surface area contributed by atoms with Crippen LogP contribution in [0.1, 0.15) is 29.9 Å². The third kappa shape index (κ3) is 5.38. The molecule has 1 aromatic carbocycles. The second kappa shape index (κ2) is 9.60. The Bertz CT molecular complexity index is 915. The Morgan fingerprint density at radius 3 is 2.86 bits per heavy atom. The second-order valence-corrected chi connectivity index (χ2v) is 8.03. The fourth-order valence-electron chi connectivity index (χ4n) is 3.59. The Morgan fingerprint density at radius 1 is 1.17 bits per heavy atom. The van der Waals surface area contributed by atoms with Gasteiger partial charge in [0.25, 0.3) is 0 Å². The predicted molar refractivity (Wildman–Crippen MR) is 115 cm³/mol. The zero-order valence-corrected chi connectivity index (χ0v) is 17.1. The predicted octanol–water partition coefficient (Wildman–Crippen LogP) is 3.10. The van der Waals surface area contributed by atoms with E-state index in [1.807, 2.05) is 36.4 Å². The van der Waals surface area contributed by atoms with E-state index in [0.717, 1.165) is 48.9 Å². The molecule has 0 bridgehead atoms. The van der Waals surface area contributed by atoms with Crippen LogP contribution in [-0.4, -0.2) is 39.9 Å². The summed E-state index contributed by atoms with van der Waals surface area (Å²) in [7, 11) is 0. The fraction of sp³-hybridized carbons (Fsp3) is 0.364. The Hall–Kier alpha value is -2.80. The summed E-state index contributed by atoms with van der Waals surface area (Å²) >= 11 is 1.43. The number of nitrogens with one attached hydrogen (secondary N) is 1. The van der Waals surface area contributed by atoms with E-state index >= 15 is 0 Å². The van der Waals surface area contributed by atoms with Crippen molar-refractivity contribution < 1.29 is 4.79 Å². The summed E-state index contributed by atoms with van der Waals surface area (Å²) in [6.45, 7) is 2.25. The number of carbonyl (C=O) groups is 1. The number of hydrogen-bond donors (Lipinski definition) is 1. The SMILES string of the molecule is O=C(NCCc1ccccn1)[C@@H]1CCCN(c2nc(Cc3ccccc3)ns2)C1. The van der Waals surface area contributed by atoms with E-state index in [1.54, 1.807) is 6.20 Å². The van der Waals surface area contributed by atoms with Crippen molar-refractivity contribution in [2.75, 3.05) is 24.5 Å². The van der Waals surface area contributed by atoms with Crippen LogP contribution in [0.25, 0.3) is 0 Å². The summed E-state index contributed by atoms with van der Waals surface area (Å²) in [5.74, 6) is 0.965. The molecule has 2 aromatic heterocycles. The van der Waals surface area contributed by atoms with Crippen molar-refractivity contribution in [1.29, 1.82) is 0 Å². The van der Waals surface area contributed by atoms with Gasteiger partial charge in [-0.3, -0.25) is 9.78 Å². The van der Waals surface area contributed by atoms with Gasteiger partial charge >= 0.3 is 0 Å². The molecule has 4 rings (SSSR count). The van der Waals surface area contributed by atoms with E-state index in [2.05, 4.69) is 31.7 Å². The maximum Gasteiger partial charge on any atom is 0.224 e. The summed E-state index contributed by atoms with van der Waals surface area (Å²) in [6, 6.07) is 16.1. The van der Waals surface area contributed by atoms with Crippen LogP contribution >= 0.6 is 11.5 Å². The molecule has 1 atom stereocenters. The van der Waals surface area contributed by atoms with Gasteiger partial charge in [-0.1, -0.05) is 36.4 Å². The zero-order valence-electron chi connectivity index (χ0n) is 16.3. The standard InChI is InChI=1S/C22H25N5OS/c28-21(24-13-11-19-10-4-5-12-23-19)18-9-6-14-27(16-18)22-25-20(26-29-22)15-17-7-2-1-3-8-17/h1-5,7-8,10,12,18H,6,9,11,13-16H2,(H,24,28)/t18-/m1/s1. The molecule has 7 heteroatoms. The van der Waals surface area contributed by atoms with Gasteiger partial charge in [-0.2, -0.15) is 4.37 Å². The van der Waals surface area contributed by atoms with Gasteiger partial charge in [-0.25, -0.2) is 4.98 Å². The van der Waals surface area contributed by atoms with Gasteiger partial charge in [0.05, 0.1) is 5.92 Å². The van der Waals surface area contributed by atoms with Gasteiger partial charge in [0.1, 0.15) is 5.82 Å². The molecule has 29 heavy (non-hydrogen) atoms. The largest absolute Gasteiger partial charge is 0.355 e. The van der Waals surface area contributed by atoms with Crippen molar-refractivity contribution in [2.24, 2.45) is 5.92 Å². The molecule has 1 saturated heterocycles. The highest BCUT2D eigenvalue weighted by Crippen LogP contribution is 2.25. The van der Waals surface area contributed by atoms with Crippen LogP contribution < -0.4 is 10.2 Å². The summed E-state index contributed by atoms with van der Waals surface area (Å²) in [4.78, 5) is 23.8. The number of carbonyl (C=O) groups excluding carboxylic acids is 1. The average molecular weight is 408 g/mol. The lowest BCUT2D eigenvalue weighted by Crippen LogP contribution is -2.43. The van der Waals surface area contributed by atoms with Crippen LogP contribution in [0.3, 0.4) is 0 Å². The summed E-state index contributed by atoms with van der Waals surface area (Å²) < 4.78 is 4.52. The maximum absolute atomic E-state index is 12.6. The van der Waals surface area contributed by atoms with Crippen LogP contribution in [0.15, 0.2) is 54.7 Å². The second-order valence-electron chi connectivity index (χ2n) is 7.30. The van der Waals surface area contributed by atoms with Gasteiger partial charge in [-0.05, 0) is 30.5 Å². The first-order chi connectivity index (χ1) is 14.3. The van der Waals surface area contributed by atoms with E-state index in [4.69, 9.17) is 4.98 Å². The van der Waals surface area contributed by atoms with Crippen LogP contribution in [0, 0.1) is 5.92 Å². The topological polar surface area (TPSA) is 71.0 Å². The van der Waals surface area contributed by atoms with Crippen LogP contribution in [0.5, 0.6) is 0 Å². The number of aromatic nitrogens is 3. The fourth-order valence-corrected chi connectivity index (χ4v) is 4.31. The molecule has 0 spiro atoms. The molecule has 1 amide bonds. The summed E-state index contributed by atoms with van der Waals surface area (Å²) in [6.07, 6.45) is 5.18. The summed E-state index contributed by atoms with van der Waals surface area (Å²) in [5, 5.41) is 3.99. The quantitative estimate of drug-likeness (QED) is 0.652. The Balaban J connectivity index is 1.29.